The van der Waals surface area contributed by atoms with Gasteiger partial charge in [-0.05, 0) is 23.9 Å². The van der Waals surface area contributed by atoms with Gasteiger partial charge in [0, 0.05) is 13.0 Å². The Labute approximate surface area is 97.9 Å². The highest BCUT2D eigenvalue weighted by atomic mass is 32.1. The van der Waals surface area contributed by atoms with Gasteiger partial charge >= 0.3 is 0 Å². The Kier molecular flexibility index (Phi) is 2.49. The Morgan fingerprint density at radius 2 is 2.31 bits per heavy atom. The number of thiophene rings is 1. The van der Waals surface area contributed by atoms with Crippen LogP contribution in [0.4, 0.5) is 0 Å². The van der Waals surface area contributed by atoms with E-state index in [2.05, 4.69) is 33.1 Å². The van der Waals surface area contributed by atoms with E-state index in [9.17, 15) is 0 Å². The highest BCUT2D eigenvalue weighted by Crippen LogP contribution is 2.26. The van der Waals surface area contributed by atoms with Crippen LogP contribution in [0.5, 0.6) is 0 Å². The monoisotopic (exact) mass is 235 g/mol. The van der Waals surface area contributed by atoms with Gasteiger partial charge in [-0.2, -0.15) is 0 Å². The lowest BCUT2D eigenvalue weighted by Crippen LogP contribution is -2.05. The first-order chi connectivity index (χ1) is 7.84. The minimum absolute atomic E-state index is 0.752. The zero-order chi connectivity index (χ0) is 11.0. The Balaban J connectivity index is 2.05. The third-order valence-corrected chi connectivity index (χ3v) is 3.75. The molecule has 1 aliphatic heterocycles. The summed E-state index contributed by atoms with van der Waals surface area (Å²) in [6.07, 6.45) is 0.858. The smallest absolute Gasteiger partial charge is 0.174 e. The van der Waals surface area contributed by atoms with E-state index < -0.39 is 0 Å². The molecule has 3 heterocycles. The third kappa shape index (κ3) is 1.66. The fraction of sp³-hybridized carbons (Fsp3) is 0.455. The molecular weight excluding hydrogens is 222 g/mol. The summed E-state index contributed by atoms with van der Waals surface area (Å²) in [5.41, 5.74) is 1.28. The molecule has 3 rings (SSSR count). The van der Waals surface area contributed by atoms with Gasteiger partial charge in [0.1, 0.15) is 5.82 Å². The Hall–Kier alpha value is -1.20. The number of aromatic nitrogens is 3. The number of rotatable bonds is 1. The van der Waals surface area contributed by atoms with Gasteiger partial charge in [0.15, 0.2) is 5.82 Å². The van der Waals surface area contributed by atoms with Crippen molar-refractivity contribution in [2.24, 2.45) is 0 Å². The molecule has 0 unspecified atom stereocenters. The molecule has 4 nitrogen and oxygen atoms in total. The maximum absolute atomic E-state index is 5.45. The van der Waals surface area contributed by atoms with Crippen molar-refractivity contribution in [2.45, 2.75) is 19.9 Å². The van der Waals surface area contributed by atoms with E-state index in [1.807, 2.05) is 0 Å². The highest BCUT2D eigenvalue weighted by Gasteiger charge is 2.16. The summed E-state index contributed by atoms with van der Waals surface area (Å²) in [5, 5.41) is 10.7. The highest BCUT2D eigenvalue weighted by molar-refractivity contribution is 7.13. The first-order valence-electron chi connectivity index (χ1n) is 5.40. The summed E-state index contributed by atoms with van der Waals surface area (Å²) < 4.78 is 7.62. The van der Waals surface area contributed by atoms with Crippen LogP contribution in [0, 0.1) is 6.92 Å². The first kappa shape index (κ1) is 9.99. The molecular formula is C11H13N3OS. The molecule has 0 fully saturated rings. The van der Waals surface area contributed by atoms with Gasteiger partial charge in [-0.1, -0.05) is 0 Å². The molecule has 0 bridgehead atoms. The van der Waals surface area contributed by atoms with E-state index in [4.69, 9.17) is 4.74 Å². The Morgan fingerprint density at radius 3 is 3.12 bits per heavy atom. The standard InChI is InChI=1S/C11H13N3OS/c1-8-6-9(16-7-8)11-13-12-10-2-4-15-5-3-14(10)11/h6-7H,2-5H2,1H3. The molecule has 16 heavy (non-hydrogen) atoms. The van der Waals surface area contributed by atoms with Crippen molar-refractivity contribution in [3.63, 3.8) is 0 Å². The van der Waals surface area contributed by atoms with Crippen molar-refractivity contribution in [2.75, 3.05) is 13.2 Å². The SMILES string of the molecule is Cc1csc(-c2nnc3n2CCOCC3)c1. The number of ether oxygens (including phenoxy) is 1. The van der Waals surface area contributed by atoms with Crippen LogP contribution in [0.2, 0.25) is 0 Å². The van der Waals surface area contributed by atoms with Gasteiger partial charge in [-0.3, -0.25) is 0 Å². The predicted molar refractivity (Wildman–Crippen MR) is 62.6 cm³/mol. The van der Waals surface area contributed by atoms with E-state index >= 15 is 0 Å². The van der Waals surface area contributed by atoms with Crippen molar-refractivity contribution in [1.29, 1.82) is 0 Å². The van der Waals surface area contributed by atoms with Crippen molar-refractivity contribution < 1.29 is 4.74 Å². The molecule has 1 aliphatic rings. The van der Waals surface area contributed by atoms with Crippen molar-refractivity contribution in [3.05, 3.63) is 22.8 Å². The molecule has 0 saturated carbocycles. The summed E-state index contributed by atoms with van der Waals surface area (Å²) in [6.45, 7) is 4.46. The van der Waals surface area contributed by atoms with Gasteiger partial charge in [0.2, 0.25) is 0 Å². The van der Waals surface area contributed by atoms with Crippen LogP contribution in [0.15, 0.2) is 11.4 Å². The largest absolute Gasteiger partial charge is 0.379 e. The molecule has 0 amide bonds. The van der Waals surface area contributed by atoms with Gasteiger partial charge < -0.3 is 9.30 Å². The van der Waals surface area contributed by atoms with E-state index in [-0.39, 0.29) is 0 Å². The number of hydrogen-bond acceptors (Lipinski definition) is 4. The lowest BCUT2D eigenvalue weighted by Gasteiger charge is -2.03. The summed E-state index contributed by atoms with van der Waals surface area (Å²) in [7, 11) is 0. The van der Waals surface area contributed by atoms with Crippen molar-refractivity contribution >= 4 is 11.3 Å². The van der Waals surface area contributed by atoms with Gasteiger partial charge in [0.05, 0.1) is 18.1 Å². The Bertz CT molecular complexity index is 503. The van der Waals surface area contributed by atoms with Crippen molar-refractivity contribution in [3.8, 4) is 10.7 Å². The lowest BCUT2D eigenvalue weighted by atomic mass is 10.3. The van der Waals surface area contributed by atoms with E-state index in [1.165, 1.54) is 10.4 Å². The van der Waals surface area contributed by atoms with Crippen LogP contribution in [0.3, 0.4) is 0 Å². The number of aryl methyl sites for hydroxylation is 1. The van der Waals surface area contributed by atoms with Gasteiger partial charge in [-0.15, -0.1) is 21.5 Å². The molecule has 2 aromatic heterocycles. The molecule has 0 atom stereocenters. The normalized spacial score (nSPS) is 15.8. The fourth-order valence-electron chi connectivity index (χ4n) is 1.91. The lowest BCUT2D eigenvalue weighted by molar-refractivity contribution is 0.140. The van der Waals surface area contributed by atoms with Crippen LogP contribution < -0.4 is 0 Å². The molecule has 0 radical (unpaired) electrons. The summed E-state index contributed by atoms with van der Waals surface area (Å²) in [5.74, 6) is 2.03. The zero-order valence-corrected chi connectivity index (χ0v) is 9.96. The number of hydrogen-bond donors (Lipinski definition) is 0. The first-order valence-corrected chi connectivity index (χ1v) is 6.28. The fourth-order valence-corrected chi connectivity index (χ4v) is 2.80. The third-order valence-electron chi connectivity index (χ3n) is 2.71. The summed E-state index contributed by atoms with van der Waals surface area (Å²) in [6, 6.07) is 2.16. The van der Waals surface area contributed by atoms with Gasteiger partial charge in [0.25, 0.3) is 0 Å². The topological polar surface area (TPSA) is 39.9 Å². The summed E-state index contributed by atoms with van der Waals surface area (Å²) >= 11 is 1.72. The van der Waals surface area contributed by atoms with Crippen LogP contribution in [-0.4, -0.2) is 28.0 Å². The molecule has 84 valence electrons. The Morgan fingerprint density at radius 1 is 1.38 bits per heavy atom. The van der Waals surface area contributed by atoms with Crippen molar-refractivity contribution in [1.82, 2.24) is 14.8 Å². The molecule has 0 saturated heterocycles. The molecule has 0 N–H and O–H groups in total. The quantitative estimate of drug-likeness (QED) is 0.757. The second-order valence-electron chi connectivity index (χ2n) is 3.94. The number of fused-ring (bicyclic) bond motifs is 1. The van der Waals surface area contributed by atoms with Gasteiger partial charge in [-0.25, -0.2) is 0 Å². The molecule has 0 aliphatic carbocycles. The second kappa shape index (κ2) is 3.99. The minimum Gasteiger partial charge on any atom is -0.379 e. The van der Waals surface area contributed by atoms with Crippen LogP contribution in [0.1, 0.15) is 11.4 Å². The second-order valence-corrected chi connectivity index (χ2v) is 4.85. The summed E-state index contributed by atoms with van der Waals surface area (Å²) in [4.78, 5) is 1.19. The minimum atomic E-state index is 0.752. The average Bonchev–Trinajstić information content (AvgIpc) is 2.79. The van der Waals surface area contributed by atoms with E-state index in [0.29, 0.717) is 0 Å². The molecule has 5 heteroatoms. The van der Waals surface area contributed by atoms with E-state index in [1.54, 1.807) is 11.3 Å². The molecule has 0 aromatic carbocycles. The average molecular weight is 235 g/mol. The van der Waals surface area contributed by atoms with Crippen LogP contribution in [0.25, 0.3) is 10.7 Å². The predicted octanol–water partition coefficient (Wildman–Crippen LogP) is 1.89. The maximum Gasteiger partial charge on any atom is 0.174 e. The molecule has 0 spiro atoms. The maximum atomic E-state index is 5.45. The number of nitrogens with zero attached hydrogens (tertiary/aromatic N) is 3. The zero-order valence-electron chi connectivity index (χ0n) is 9.14. The van der Waals surface area contributed by atoms with Crippen LogP contribution >= 0.6 is 11.3 Å². The molecule has 2 aromatic rings. The van der Waals surface area contributed by atoms with Crippen LogP contribution in [-0.2, 0) is 17.7 Å². The van der Waals surface area contributed by atoms with E-state index in [0.717, 1.165) is 37.8 Å².